The van der Waals surface area contributed by atoms with E-state index >= 15 is 0 Å². The zero-order valence-electron chi connectivity index (χ0n) is 6.78. The Bertz CT molecular complexity index is 370. The second kappa shape index (κ2) is 5.21. The molecule has 0 aliphatic carbocycles. The molecule has 0 saturated heterocycles. The second-order valence-electron chi connectivity index (χ2n) is 2.40. The predicted octanol–water partition coefficient (Wildman–Crippen LogP) is 3.98. The normalized spacial score (nSPS) is 10.0. The third-order valence-corrected chi connectivity index (χ3v) is 3.23. The van der Waals surface area contributed by atoms with E-state index in [9.17, 15) is 4.79 Å². The highest BCUT2D eigenvalue weighted by Crippen LogP contribution is 2.35. The molecule has 0 spiro atoms. The molecular weight excluding hydrogens is 312 g/mol. The van der Waals surface area contributed by atoms with Crippen LogP contribution in [0.3, 0.4) is 0 Å². The third-order valence-electron chi connectivity index (χ3n) is 1.43. The third kappa shape index (κ3) is 2.76. The summed E-state index contributed by atoms with van der Waals surface area (Å²) in [5.41, 5.74) is 0.450. The van der Waals surface area contributed by atoms with Crippen LogP contribution in [0.1, 0.15) is 0 Å². The molecule has 76 valence electrons. The Morgan fingerprint density at radius 1 is 1.29 bits per heavy atom. The fourth-order valence-electron chi connectivity index (χ4n) is 0.806. The molecule has 14 heavy (non-hydrogen) atoms. The number of halogens is 4. The van der Waals surface area contributed by atoms with E-state index in [-0.39, 0.29) is 21.3 Å². The van der Waals surface area contributed by atoms with Crippen molar-refractivity contribution in [2.75, 3.05) is 10.6 Å². The first-order valence-electron chi connectivity index (χ1n) is 3.55. The minimum Gasteiger partial charge on any atom is -0.324 e. The zero-order chi connectivity index (χ0) is 10.7. The Balaban J connectivity index is 3.00. The van der Waals surface area contributed by atoms with E-state index in [4.69, 9.17) is 34.8 Å². The van der Waals surface area contributed by atoms with Crippen LogP contribution in [0.5, 0.6) is 0 Å². The van der Waals surface area contributed by atoms with E-state index in [0.717, 1.165) is 0 Å². The van der Waals surface area contributed by atoms with Gasteiger partial charge in [0.05, 0.1) is 26.1 Å². The van der Waals surface area contributed by atoms with Crippen LogP contribution >= 0.6 is 50.7 Å². The van der Waals surface area contributed by atoms with Crippen LogP contribution in [0.15, 0.2) is 12.1 Å². The van der Waals surface area contributed by atoms with Gasteiger partial charge in [0.1, 0.15) is 0 Å². The maximum Gasteiger partial charge on any atom is 0.235 e. The molecule has 0 saturated carbocycles. The summed E-state index contributed by atoms with van der Waals surface area (Å²) < 4.78 is 0. The molecule has 0 aromatic heterocycles. The van der Waals surface area contributed by atoms with Crippen molar-refractivity contribution in [1.29, 1.82) is 0 Å². The second-order valence-corrected chi connectivity index (χ2v) is 4.13. The maximum atomic E-state index is 11.0. The lowest BCUT2D eigenvalue weighted by Gasteiger charge is -2.07. The van der Waals surface area contributed by atoms with Crippen molar-refractivity contribution >= 4 is 62.3 Å². The van der Waals surface area contributed by atoms with Gasteiger partial charge in [-0.1, -0.05) is 50.7 Å². The van der Waals surface area contributed by atoms with Crippen molar-refractivity contribution in [3.05, 3.63) is 27.2 Å². The van der Waals surface area contributed by atoms with E-state index in [2.05, 4.69) is 21.2 Å². The fourth-order valence-corrected chi connectivity index (χ4v) is 1.53. The smallest absolute Gasteiger partial charge is 0.235 e. The SMILES string of the molecule is O=C(CBr)Nc1ccc(Cl)c(Cl)c1Cl. The Morgan fingerprint density at radius 2 is 1.93 bits per heavy atom. The van der Waals surface area contributed by atoms with Crippen LogP contribution in [0.4, 0.5) is 5.69 Å². The lowest BCUT2D eigenvalue weighted by Crippen LogP contribution is -2.12. The summed E-state index contributed by atoms with van der Waals surface area (Å²) in [6, 6.07) is 3.16. The Hall–Kier alpha value is 0.0400. The molecule has 2 nitrogen and oxygen atoms in total. The van der Waals surface area contributed by atoms with E-state index < -0.39 is 0 Å². The van der Waals surface area contributed by atoms with Crippen molar-refractivity contribution < 1.29 is 4.79 Å². The van der Waals surface area contributed by atoms with E-state index in [1.54, 1.807) is 12.1 Å². The van der Waals surface area contributed by atoms with Gasteiger partial charge in [-0.3, -0.25) is 4.79 Å². The average Bonchev–Trinajstić information content (AvgIpc) is 2.19. The molecule has 6 heteroatoms. The molecular formula is C8H5BrCl3NO. The summed E-state index contributed by atoms with van der Waals surface area (Å²) in [6.07, 6.45) is 0. The monoisotopic (exact) mass is 315 g/mol. The molecule has 0 unspecified atom stereocenters. The molecule has 1 aromatic carbocycles. The number of anilines is 1. The topological polar surface area (TPSA) is 29.1 Å². The van der Waals surface area contributed by atoms with E-state index in [1.807, 2.05) is 0 Å². The lowest BCUT2D eigenvalue weighted by molar-refractivity contribution is -0.113. The highest BCUT2D eigenvalue weighted by atomic mass is 79.9. The number of amides is 1. The highest BCUT2D eigenvalue weighted by Gasteiger charge is 2.10. The number of rotatable bonds is 2. The molecule has 0 aliphatic rings. The van der Waals surface area contributed by atoms with Gasteiger partial charge >= 0.3 is 0 Å². The van der Waals surface area contributed by atoms with E-state index in [0.29, 0.717) is 10.7 Å². The summed E-state index contributed by atoms with van der Waals surface area (Å²) in [4.78, 5) is 11.0. The predicted molar refractivity (Wildman–Crippen MR) is 63.9 cm³/mol. The quantitative estimate of drug-likeness (QED) is 0.649. The lowest BCUT2D eigenvalue weighted by atomic mass is 10.3. The summed E-state index contributed by atoms with van der Waals surface area (Å²) in [7, 11) is 0. The Morgan fingerprint density at radius 3 is 2.50 bits per heavy atom. The molecule has 0 radical (unpaired) electrons. The molecule has 0 fully saturated rings. The molecule has 1 N–H and O–H groups in total. The van der Waals surface area contributed by atoms with Crippen molar-refractivity contribution in [1.82, 2.24) is 0 Å². The molecule has 0 aliphatic heterocycles. The minimum atomic E-state index is -0.203. The molecule has 0 atom stereocenters. The van der Waals surface area contributed by atoms with Gasteiger partial charge in [-0.15, -0.1) is 0 Å². The van der Waals surface area contributed by atoms with Crippen molar-refractivity contribution in [3.8, 4) is 0 Å². The largest absolute Gasteiger partial charge is 0.324 e. The van der Waals surface area contributed by atoms with Gasteiger partial charge < -0.3 is 5.32 Å². The van der Waals surface area contributed by atoms with Gasteiger partial charge in [0.25, 0.3) is 0 Å². The maximum absolute atomic E-state index is 11.0. The van der Waals surface area contributed by atoms with Crippen LogP contribution in [0.25, 0.3) is 0 Å². The fraction of sp³-hybridized carbons (Fsp3) is 0.125. The van der Waals surface area contributed by atoms with E-state index in [1.165, 1.54) is 0 Å². The standard InChI is InChI=1S/C8H5BrCl3NO/c9-3-6(14)13-5-2-1-4(10)7(11)8(5)12/h1-2H,3H2,(H,13,14). The Kier molecular flexibility index (Phi) is 4.51. The number of carbonyl (C=O) groups is 1. The van der Waals surface area contributed by atoms with Crippen molar-refractivity contribution in [2.24, 2.45) is 0 Å². The van der Waals surface area contributed by atoms with Gasteiger partial charge in [0, 0.05) is 0 Å². The summed E-state index contributed by atoms with van der Waals surface area (Å²) in [5.74, 6) is -0.203. The molecule has 0 heterocycles. The number of nitrogens with one attached hydrogen (secondary N) is 1. The van der Waals surface area contributed by atoms with Crippen LogP contribution < -0.4 is 5.32 Å². The molecule has 1 aromatic rings. The average molecular weight is 317 g/mol. The minimum absolute atomic E-state index is 0.198. The van der Waals surface area contributed by atoms with Crippen LogP contribution in [0, 0.1) is 0 Å². The van der Waals surface area contributed by atoms with Gasteiger partial charge in [-0.25, -0.2) is 0 Å². The van der Waals surface area contributed by atoms with Gasteiger partial charge in [-0.2, -0.15) is 0 Å². The van der Waals surface area contributed by atoms with Crippen molar-refractivity contribution in [3.63, 3.8) is 0 Å². The summed E-state index contributed by atoms with van der Waals surface area (Å²) in [6.45, 7) is 0. The molecule has 1 amide bonds. The first-order valence-corrected chi connectivity index (χ1v) is 5.81. The summed E-state index contributed by atoms with van der Waals surface area (Å²) >= 11 is 20.4. The van der Waals surface area contributed by atoms with Crippen molar-refractivity contribution in [2.45, 2.75) is 0 Å². The molecule has 1 rings (SSSR count). The highest BCUT2D eigenvalue weighted by molar-refractivity contribution is 9.09. The van der Waals surface area contributed by atoms with Crippen LogP contribution in [-0.2, 0) is 4.79 Å². The first-order chi connectivity index (χ1) is 6.56. The van der Waals surface area contributed by atoms with Gasteiger partial charge in [0.15, 0.2) is 0 Å². The number of carbonyl (C=O) groups excluding carboxylic acids is 1. The van der Waals surface area contributed by atoms with Gasteiger partial charge in [-0.05, 0) is 12.1 Å². The zero-order valence-corrected chi connectivity index (χ0v) is 10.6. The Labute approximate surface area is 105 Å². The number of hydrogen-bond acceptors (Lipinski definition) is 1. The van der Waals surface area contributed by atoms with Gasteiger partial charge in [0.2, 0.25) is 5.91 Å². The number of benzene rings is 1. The number of alkyl halides is 1. The summed E-state index contributed by atoms with van der Waals surface area (Å²) in [5, 5.41) is 3.60. The van der Waals surface area contributed by atoms with Crippen LogP contribution in [-0.4, -0.2) is 11.2 Å². The van der Waals surface area contributed by atoms with Crippen LogP contribution in [0.2, 0.25) is 15.1 Å². The molecule has 0 bridgehead atoms. The number of hydrogen-bond donors (Lipinski definition) is 1. The first kappa shape index (κ1) is 12.1.